The van der Waals surface area contributed by atoms with Gasteiger partial charge in [-0.3, -0.25) is 9.69 Å². The van der Waals surface area contributed by atoms with Gasteiger partial charge in [0.1, 0.15) is 0 Å². The molecule has 3 rings (SSSR count). The highest BCUT2D eigenvalue weighted by molar-refractivity contribution is 7.90. The van der Waals surface area contributed by atoms with E-state index < -0.39 is 9.84 Å². The van der Waals surface area contributed by atoms with Gasteiger partial charge in [0.2, 0.25) is 0 Å². The maximum atomic E-state index is 12.3. The zero-order valence-corrected chi connectivity index (χ0v) is 16.8. The average molecular weight is 403 g/mol. The molecule has 0 aliphatic carbocycles. The fourth-order valence-electron chi connectivity index (χ4n) is 3.25. The summed E-state index contributed by atoms with van der Waals surface area (Å²) in [5.74, 6) is -0.304. The van der Waals surface area contributed by atoms with Crippen LogP contribution in [-0.2, 0) is 22.9 Å². The van der Waals surface area contributed by atoms with Crippen molar-refractivity contribution in [3.05, 3.63) is 65.2 Å². The average Bonchev–Trinajstić information content (AvgIpc) is 2.68. The van der Waals surface area contributed by atoms with Crippen LogP contribution < -0.4 is 5.32 Å². The molecule has 2 N–H and O–H groups in total. The van der Waals surface area contributed by atoms with Crippen molar-refractivity contribution in [2.45, 2.75) is 36.9 Å². The second kappa shape index (κ2) is 8.86. The Kier molecular flexibility index (Phi) is 6.49. The van der Waals surface area contributed by atoms with E-state index in [2.05, 4.69) is 22.3 Å². The fourth-order valence-corrected chi connectivity index (χ4v) is 3.92. The Bertz CT molecular complexity index is 918. The molecular weight excluding hydrogens is 376 g/mol. The highest BCUT2D eigenvalue weighted by Crippen LogP contribution is 2.15. The van der Waals surface area contributed by atoms with Gasteiger partial charge in [0.05, 0.1) is 11.0 Å². The summed E-state index contributed by atoms with van der Waals surface area (Å²) in [5, 5.41) is 12.4. The molecule has 0 atom stereocenters. The van der Waals surface area contributed by atoms with Gasteiger partial charge in [-0.05, 0) is 42.2 Å². The Morgan fingerprint density at radius 1 is 1.11 bits per heavy atom. The highest BCUT2D eigenvalue weighted by Gasteiger charge is 2.17. The molecule has 2 aromatic rings. The first-order chi connectivity index (χ1) is 13.3. The Hall–Kier alpha value is -2.22. The van der Waals surface area contributed by atoms with Crippen LogP contribution in [-0.4, -0.2) is 49.8 Å². The Morgan fingerprint density at radius 3 is 2.39 bits per heavy atom. The standard InChI is InChI=1S/C21H26N2O4S/c1-28(26,27)20-4-2-3-18(13-20)21(25)22-14-16-5-7-17(8-6-16)15-23-11-9-19(24)10-12-23/h2-8,13,19,24H,9-12,14-15H2,1H3,(H,22,25). The number of hydrogen-bond acceptors (Lipinski definition) is 5. The van der Waals surface area contributed by atoms with Gasteiger partial charge in [0.25, 0.3) is 5.91 Å². The maximum absolute atomic E-state index is 12.3. The summed E-state index contributed by atoms with van der Waals surface area (Å²) >= 11 is 0. The van der Waals surface area contributed by atoms with Crippen LogP contribution >= 0.6 is 0 Å². The molecule has 0 aromatic heterocycles. The minimum Gasteiger partial charge on any atom is -0.393 e. The van der Waals surface area contributed by atoms with E-state index in [4.69, 9.17) is 0 Å². The molecule has 150 valence electrons. The van der Waals surface area contributed by atoms with Crippen LogP contribution in [0.15, 0.2) is 53.4 Å². The molecular formula is C21H26N2O4S. The van der Waals surface area contributed by atoms with Crippen molar-refractivity contribution in [2.75, 3.05) is 19.3 Å². The second-order valence-corrected chi connectivity index (χ2v) is 9.32. The minimum absolute atomic E-state index is 0.134. The summed E-state index contributed by atoms with van der Waals surface area (Å²) in [6.07, 6.45) is 2.60. The largest absolute Gasteiger partial charge is 0.393 e. The van der Waals surface area contributed by atoms with Crippen LogP contribution in [0.2, 0.25) is 0 Å². The molecule has 7 heteroatoms. The van der Waals surface area contributed by atoms with Gasteiger partial charge in [-0.1, -0.05) is 30.3 Å². The maximum Gasteiger partial charge on any atom is 0.251 e. The van der Waals surface area contributed by atoms with Gasteiger partial charge in [0, 0.05) is 38.0 Å². The number of likely N-dealkylation sites (tertiary alicyclic amines) is 1. The third-order valence-corrected chi connectivity index (χ3v) is 6.07. The van der Waals surface area contributed by atoms with Crippen LogP contribution in [0.5, 0.6) is 0 Å². The van der Waals surface area contributed by atoms with E-state index >= 15 is 0 Å². The third kappa shape index (κ3) is 5.64. The number of nitrogens with zero attached hydrogens (tertiary/aromatic N) is 1. The lowest BCUT2D eigenvalue weighted by Crippen LogP contribution is -2.35. The van der Waals surface area contributed by atoms with E-state index in [0.717, 1.165) is 44.3 Å². The molecule has 0 radical (unpaired) electrons. The molecule has 0 bridgehead atoms. The van der Waals surface area contributed by atoms with Gasteiger partial charge in [-0.15, -0.1) is 0 Å². The number of nitrogens with one attached hydrogen (secondary N) is 1. The summed E-state index contributed by atoms with van der Waals surface area (Å²) in [6, 6.07) is 14.1. The molecule has 1 heterocycles. The number of benzene rings is 2. The zero-order chi connectivity index (χ0) is 20.1. The topological polar surface area (TPSA) is 86.7 Å². The number of sulfone groups is 1. The van der Waals surface area contributed by atoms with Gasteiger partial charge in [-0.2, -0.15) is 0 Å². The van der Waals surface area contributed by atoms with Crippen LogP contribution in [0, 0.1) is 0 Å². The monoisotopic (exact) mass is 402 g/mol. The third-order valence-electron chi connectivity index (χ3n) is 4.96. The first-order valence-electron chi connectivity index (χ1n) is 9.38. The molecule has 0 unspecified atom stereocenters. The minimum atomic E-state index is -3.34. The van der Waals surface area contributed by atoms with Crippen molar-refractivity contribution >= 4 is 15.7 Å². The van der Waals surface area contributed by atoms with E-state index in [1.807, 2.05) is 12.1 Å². The normalized spacial score (nSPS) is 16.1. The van der Waals surface area contributed by atoms with Crippen LogP contribution in [0.4, 0.5) is 0 Å². The smallest absolute Gasteiger partial charge is 0.251 e. The van der Waals surface area contributed by atoms with Crippen molar-refractivity contribution in [1.29, 1.82) is 0 Å². The number of aliphatic hydroxyl groups is 1. The van der Waals surface area contributed by atoms with E-state index in [9.17, 15) is 18.3 Å². The number of aliphatic hydroxyl groups excluding tert-OH is 1. The summed E-state index contributed by atoms with van der Waals surface area (Å²) < 4.78 is 23.3. The van der Waals surface area contributed by atoms with Crippen molar-refractivity contribution in [2.24, 2.45) is 0 Å². The molecule has 1 aliphatic heterocycles. The molecule has 2 aromatic carbocycles. The molecule has 0 saturated carbocycles. The van der Waals surface area contributed by atoms with Crippen molar-refractivity contribution < 1.29 is 18.3 Å². The lowest BCUT2D eigenvalue weighted by Gasteiger charge is -2.29. The highest BCUT2D eigenvalue weighted by atomic mass is 32.2. The molecule has 1 amide bonds. The van der Waals surface area contributed by atoms with Gasteiger partial charge < -0.3 is 10.4 Å². The first-order valence-corrected chi connectivity index (χ1v) is 11.3. The van der Waals surface area contributed by atoms with E-state index in [1.54, 1.807) is 12.1 Å². The fraction of sp³-hybridized carbons (Fsp3) is 0.381. The summed E-state index contributed by atoms with van der Waals surface area (Å²) in [4.78, 5) is 14.8. The lowest BCUT2D eigenvalue weighted by atomic mass is 10.1. The molecule has 0 spiro atoms. The molecule has 1 fully saturated rings. The number of carbonyl (C=O) groups excluding carboxylic acids is 1. The van der Waals surface area contributed by atoms with Crippen molar-refractivity contribution in [3.63, 3.8) is 0 Å². The Morgan fingerprint density at radius 2 is 1.75 bits per heavy atom. The molecule has 1 aliphatic rings. The predicted molar refractivity (Wildman–Crippen MR) is 108 cm³/mol. The Balaban J connectivity index is 1.54. The first kappa shape index (κ1) is 20.5. The van der Waals surface area contributed by atoms with E-state index in [1.165, 1.54) is 17.7 Å². The Labute approximate surface area is 166 Å². The van der Waals surface area contributed by atoms with Gasteiger partial charge in [-0.25, -0.2) is 8.42 Å². The lowest BCUT2D eigenvalue weighted by molar-refractivity contribution is 0.0792. The SMILES string of the molecule is CS(=O)(=O)c1cccc(C(=O)NCc2ccc(CN3CCC(O)CC3)cc2)c1. The molecule has 28 heavy (non-hydrogen) atoms. The van der Waals surface area contributed by atoms with Gasteiger partial charge >= 0.3 is 0 Å². The van der Waals surface area contributed by atoms with E-state index in [-0.39, 0.29) is 16.9 Å². The number of piperidine rings is 1. The van der Waals surface area contributed by atoms with Gasteiger partial charge in [0.15, 0.2) is 9.84 Å². The summed E-state index contributed by atoms with van der Waals surface area (Å²) in [5.41, 5.74) is 2.50. The molecule has 6 nitrogen and oxygen atoms in total. The van der Waals surface area contributed by atoms with Crippen molar-refractivity contribution in [1.82, 2.24) is 10.2 Å². The van der Waals surface area contributed by atoms with Crippen molar-refractivity contribution in [3.8, 4) is 0 Å². The number of hydrogen-bond donors (Lipinski definition) is 2. The molecule has 1 saturated heterocycles. The number of carbonyl (C=O) groups is 1. The second-order valence-electron chi connectivity index (χ2n) is 7.31. The van der Waals surface area contributed by atoms with Crippen LogP contribution in [0.1, 0.15) is 34.3 Å². The summed E-state index contributed by atoms with van der Waals surface area (Å²) in [7, 11) is -3.34. The number of rotatable bonds is 6. The zero-order valence-electron chi connectivity index (χ0n) is 16.0. The van der Waals surface area contributed by atoms with Crippen LogP contribution in [0.25, 0.3) is 0 Å². The quantitative estimate of drug-likeness (QED) is 0.772. The predicted octanol–water partition coefficient (Wildman–Crippen LogP) is 1.98. The summed E-state index contributed by atoms with van der Waals surface area (Å²) in [6.45, 7) is 3.05. The number of amides is 1. The van der Waals surface area contributed by atoms with Crippen LogP contribution in [0.3, 0.4) is 0 Å². The van der Waals surface area contributed by atoms with E-state index in [0.29, 0.717) is 12.1 Å².